The quantitative estimate of drug-likeness (QED) is 0.334. The van der Waals surface area contributed by atoms with Crippen LogP contribution in [0.5, 0.6) is 0 Å². The van der Waals surface area contributed by atoms with Gasteiger partial charge < -0.3 is 0 Å². The summed E-state index contributed by atoms with van der Waals surface area (Å²) in [5, 5.41) is 3.25. The van der Waals surface area contributed by atoms with Gasteiger partial charge >= 0.3 is 0 Å². The molecule has 1 rings (SSSR count). The van der Waals surface area contributed by atoms with E-state index in [1.807, 2.05) is 6.92 Å². The molecule has 0 aliphatic carbocycles. The van der Waals surface area contributed by atoms with Crippen molar-refractivity contribution in [3.05, 3.63) is 28.5 Å². The van der Waals surface area contributed by atoms with E-state index in [4.69, 9.17) is 5.53 Å². The zero-order valence-corrected chi connectivity index (χ0v) is 5.39. The molecule has 0 atom stereocenters. The van der Waals surface area contributed by atoms with Crippen LogP contribution in [0.15, 0.2) is 17.5 Å². The number of azide groups is 1. The molecule has 0 aromatic carbocycles. The highest BCUT2D eigenvalue weighted by molar-refractivity contribution is 5.21. The maximum atomic E-state index is 7.98. The molecule has 0 N–H and O–H groups in total. The van der Waals surface area contributed by atoms with Crippen molar-refractivity contribution in [2.45, 2.75) is 6.92 Å². The molecule has 0 fully saturated rings. The summed E-state index contributed by atoms with van der Waals surface area (Å²) in [5.74, 6) is 0.299. The third-order valence-corrected chi connectivity index (χ3v) is 0.914. The second-order valence-corrected chi connectivity index (χ2v) is 1.71. The van der Waals surface area contributed by atoms with Crippen molar-refractivity contribution in [3.8, 4) is 0 Å². The van der Waals surface area contributed by atoms with E-state index in [1.54, 1.807) is 6.20 Å². The lowest BCUT2D eigenvalue weighted by Crippen LogP contribution is -1.80. The Morgan fingerprint density at radius 2 is 2.30 bits per heavy atom. The molecule has 0 saturated heterocycles. The molecule has 1 heterocycles. The van der Waals surface area contributed by atoms with E-state index in [0.717, 1.165) is 5.69 Å². The van der Waals surface area contributed by atoms with E-state index in [2.05, 4.69) is 20.0 Å². The molecule has 5 nitrogen and oxygen atoms in total. The van der Waals surface area contributed by atoms with Gasteiger partial charge in [0.2, 0.25) is 0 Å². The molecule has 0 unspecified atom stereocenters. The van der Waals surface area contributed by atoms with Gasteiger partial charge in [0.1, 0.15) is 5.82 Å². The second kappa shape index (κ2) is 2.80. The van der Waals surface area contributed by atoms with E-state index >= 15 is 0 Å². The van der Waals surface area contributed by atoms with Crippen LogP contribution in [-0.2, 0) is 0 Å². The van der Waals surface area contributed by atoms with Gasteiger partial charge in [-0.15, -0.1) is 0 Å². The van der Waals surface area contributed by atoms with Gasteiger partial charge in [0, 0.05) is 11.1 Å². The van der Waals surface area contributed by atoms with Crippen LogP contribution in [0, 0.1) is 6.92 Å². The average molecular weight is 135 g/mol. The Morgan fingerprint density at radius 3 is 2.80 bits per heavy atom. The first-order valence-electron chi connectivity index (χ1n) is 2.66. The van der Waals surface area contributed by atoms with Crippen LogP contribution in [0.4, 0.5) is 5.82 Å². The van der Waals surface area contributed by atoms with Gasteiger partial charge in [-0.2, -0.15) is 0 Å². The number of hydrogen-bond acceptors (Lipinski definition) is 3. The average Bonchev–Trinajstić information content (AvgIpc) is 1.95. The molecule has 0 bridgehead atoms. The van der Waals surface area contributed by atoms with Crippen LogP contribution in [0.2, 0.25) is 0 Å². The highest BCUT2D eigenvalue weighted by atomic mass is 15.2. The van der Waals surface area contributed by atoms with Crippen molar-refractivity contribution in [3.63, 3.8) is 0 Å². The first kappa shape index (κ1) is 6.51. The van der Waals surface area contributed by atoms with Crippen LogP contribution in [0.1, 0.15) is 5.69 Å². The summed E-state index contributed by atoms with van der Waals surface area (Å²) in [6.45, 7) is 1.81. The summed E-state index contributed by atoms with van der Waals surface area (Å²) >= 11 is 0. The van der Waals surface area contributed by atoms with E-state index in [1.165, 1.54) is 6.20 Å². The molecule has 5 heteroatoms. The number of aryl methyl sites for hydroxylation is 1. The number of aromatic nitrogens is 2. The van der Waals surface area contributed by atoms with Gasteiger partial charge in [0.05, 0.1) is 11.9 Å². The van der Waals surface area contributed by atoms with Crippen LogP contribution in [0.3, 0.4) is 0 Å². The largest absolute Gasteiger partial charge is 0.258 e. The predicted octanol–water partition coefficient (Wildman–Crippen LogP) is 1.73. The second-order valence-electron chi connectivity index (χ2n) is 1.71. The SMILES string of the molecule is Cc1cnc(N=[N+]=[N-])cn1. The molecule has 50 valence electrons. The molecule has 0 aliphatic heterocycles. The van der Waals surface area contributed by atoms with Gasteiger partial charge in [-0.05, 0) is 17.6 Å². The monoisotopic (exact) mass is 135 g/mol. The van der Waals surface area contributed by atoms with E-state index in [-0.39, 0.29) is 0 Å². The van der Waals surface area contributed by atoms with Crippen molar-refractivity contribution in [1.29, 1.82) is 0 Å². The van der Waals surface area contributed by atoms with Crippen molar-refractivity contribution in [2.75, 3.05) is 0 Å². The van der Waals surface area contributed by atoms with E-state index in [0.29, 0.717) is 5.82 Å². The predicted molar refractivity (Wildman–Crippen MR) is 35.6 cm³/mol. The summed E-state index contributed by atoms with van der Waals surface area (Å²) in [6.07, 6.45) is 2.97. The minimum atomic E-state index is 0.299. The Kier molecular flexibility index (Phi) is 1.82. The molecule has 1 aromatic rings. The summed E-state index contributed by atoms with van der Waals surface area (Å²) in [6, 6.07) is 0. The topological polar surface area (TPSA) is 74.5 Å². The lowest BCUT2D eigenvalue weighted by Gasteiger charge is -1.88. The minimum Gasteiger partial charge on any atom is -0.258 e. The lowest BCUT2D eigenvalue weighted by molar-refractivity contribution is 1.10. The zero-order chi connectivity index (χ0) is 7.40. The van der Waals surface area contributed by atoms with Gasteiger partial charge in [0.25, 0.3) is 0 Å². The fourth-order valence-corrected chi connectivity index (χ4v) is 0.483. The van der Waals surface area contributed by atoms with Crippen LogP contribution in [0.25, 0.3) is 10.4 Å². The Labute approximate surface area is 57.4 Å². The standard InChI is InChI=1S/C5H5N5/c1-4-2-8-5(3-7-4)9-10-6/h2-3H,1H3. The molecule has 1 aromatic heterocycles. The number of nitrogens with zero attached hydrogens (tertiary/aromatic N) is 5. The van der Waals surface area contributed by atoms with Crippen molar-refractivity contribution in [2.24, 2.45) is 5.11 Å². The fourth-order valence-electron chi connectivity index (χ4n) is 0.483. The Balaban J connectivity index is 3.00. The molecule has 0 radical (unpaired) electrons. The molecule has 10 heavy (non-hydrogen) atoms. The summed E-state index contributed by atoms with van der Waals surface area (Å²) in [7, 11) is 0. The highest BCUT2D eigenvalue weighted by Crippen LogP contribution is 2.03. The first-order chi connectivity index (χ1) is 4.83. The van der Waals surface area contributed by atoms with E-state index in [9.17, 15) is 0 Å². The molecule has 0 aliphatic rings. The maximum Gasteiger partial charge on any atom is 0.145 e. The molecule has 0 amide bonds. The van der Waals surface area contributed by atoms with Gasteiger partial charge in [0.15, 0.2) is 0 Å². The Hall–Kier alpha value is -1.61. The third kappa shape index (κ3) is 1.43. The minimum absolute atomic E-state index is 0.299. The van der Waals surface area contributed by atoms with Gasteiger partial charge in [-0.25, -0.2) is 0 Å². The normalized spacial score (nSPS) is 8.50. The van der Waals surface area contributed by atoms with Crippen molar-refractivity contribution in [1.82, 2.24) is 9.97 Å². The summed E-state index contributed by atoms with van der Waals surface area (Å²) in [4.78, 5) is 10.2. The van der Waals surface area contributed by atoms with Gasteiger partial charge in [-0.3, -0.25) is 9.97 Å². The lowest BCUT2D eigenvalue weighted by atomic mass is 10.5. The smallest absolute Gasteiger partial charge is 0.145 e. The fraction of sp³-hybridized carbons (Fsp3) is 0.200. The van der Waals surface area contributed by atoms with Crippen molar-refractivity contribution < 1.29 is 0 Å². The molecule has 0 spiro atoms. The summed E-state index contributed by atoms with van der Waals surface area (Å²) in [5.41, 5.74) is 8.78. The molecular formula is C5H5N5. The van der Waals surface area contributed by atoms with Crippen LogP contribution < -0.4 is 0 Å². The van der Waals surface area contributed by atoms with Gasteiger partial charge in [-0.1, -0.05) is 0 Å². The van der Waals surface area contributed by atoms with E-state index < -0.39 is 0 Å². The maximum absolute atomic E-state index is 7.98. The molecule has 0 saturated carbocycles. The highest BCUT2D eigenvalue weighted by Gasteiger charge is 1.87. The number of hydrogen-bond donors (Lipinski definition) is 0. The number of rotatable bonds is 1. The first-order valence-corrected chi connectivity index (χ1v) is 2.66. The van der Waals surface area contributed by atoms with Crippen LogP contribution >= 0.6 is 0 Å². The third-order valence-electron chi connectivity index (χ3n) is 0.914. The molecular weight excluding hydrogens is 130 g/mol. The summed E-state index contributed by atoms with van der Waals surface area (Å²) < 4.78 is 0. The zero-order valence-electron chi connectivity index (χ0n) is 5.39. The van der Waals surface area contributed by atoms with Crippen LogP contribution in [-0.4, -0.2) is 9.97 Å². The van der Waals surface area contributed by atoms with Crippen molar-refractivity contribution >= 4 is 5.82 Å². The Morgan fingerprint density at radius 1 is 1.50 bits per heavy atom. The Bertz CT molecular complexity index is 258.